The number of hydrogen-bond donors (Lipinski definition) is 1. The predicted octanol–water partition coefficient (Wildman–Crippen LogP) is 4.26. The van der Waals surface area contributed by atoms with Gasteiger partial charge in [0.1, 0.15) is 0 Å². The van der Waals surface area contributed by atoms with Crippen molar-refractivity contribution in [1.82, 2.24) is 5.01 Å². The molecule has 2 heterocycles. The molecule has 2 aromatic carbocycles. The standard InChI is InChI=1S/C25H28N2O4/c1-2-27(24(28)18-6-4-3-5-7-18)26-16-21-20(22-14-15-23(21)31-22)13-10-17-8-11-19(12-9-17)25(29)30/h3-9,11-12,16,20-23H,2,10,13-15H2,1H3,(H,29,30)/t20-,21-,22+,23-/m0/s1. The zero-order valence-electron chi connectivity index (χ0n) is 17.7. The molecule has 6 heteroatoms. The first-order chi connectivity index (χ1) is 15.1. The zero-order valence-corrected chi connectivity index (χ0v) is 17.7. The van der Waals surface area contributed by atoms with Crippen LogP contribution in [-0.4, -0.2) is 47.0 Å². The highest BCUT2D eigenvalue weighted by atomic mass is 16.5. The molecule has 4 rings (SSSR count). The molecule has 162 valence electrons. The van der Waals surface area contributed by atoms with Gasteiger partial charge in [-0.3, -0.25) is 4.79 Å². The second-order valence-corrected chi connectivity index (χ2v) is 8.22. The largest absolute Gasteiger partial charge is 0.478 e. The van der Waals surface area contributed by atoms with Crippen LogP contribution in [0.4, 0.5) is 0 Å². The average molecular weight is 421 g/mol. The van der Waals surface area contributed by atoms with Gasteiger partial charge in [0.25, 0.3) is 5.91 Å². The van der Waals surface area contributed by atoms with E-state index < -0.39 is 5.97 Å². The highest BCUT2D eigenvalue weighted by Gasteiger charge is 2.47. The van der Waals surface area contributed by atoms with Gasteiger partial charge in [-0.05, 0) is 68.4 Å². The number of rotatable bonds is 8. The summed E-state index contributed by atoms with van der Waals surface area (Å²) in [4.78, 5) is 23.8. The Hall–Kier alpha value is -2.99. The fourth-order valence-corrected chi connectivity index (χ4v) is 4.71. The van der Waals surface area contributed by atoms with E-state index in [0.717, 1.165) is 31.2 Å². The molecule has 0 aliphatic carbocycles. The Bertz CT molecular complexity index is 942. The third-order valence-electron chi connectivity index (χ3n) is 6.39. The Kier molecular flexibility index (Phi) is 6.47. The number of ether oxygens (including phenoxy) is 1. The minimum atomic E-state index is -0.908. The van der Waals surface area contributed by atoms with E-state index in [2.05, 4.69) is 5.10 Å². The molecule has 2 saturated heterocycles. The molecule has 2 aromatic rings. The monoisotopic (exact) mass is 420 g/mol. The quantitative estimate of drug-likeness (QED) is 0.511. The van der Waals surface area contributed by atoms with Crippen LogP contribution >= 0.6 is 0 Å². The summed E-state index contributed by atoms with van der Waals surface area (Å²) in [5, 5.41) is 15.1. The Morgan fingerprint density at radius 2 is 1.77 bits per heavy atom. The summed E-state index contributed by atoms with van der Waals surface area (Å²) >= 11 is 0. The molecule has 0 unspecified atom stereocenters. The number of carbonyl (C=O) groups is 2. The van der Waals surface area contributed by atoms with Crippen LogP contribution in [0.3, 0.4) is 0 Å². The van der Waals surface area contributed by atoms with Gasteiger partial charge in [-0.25, -0.2) is 9.80 Å². The van der Waals surface area contributed by atoms with Gasteiger partial charge in [0, 0.05) is 24.2 Å². The lowest BCUT2D eigenvalue weighted by atomic mass is 9.77. The van der Waals surface area contributed by atoms with Crippen LogP contribution in [0.15, 0.2) is 59.7 Å². The van der Waals surface area contributed by atoms with Crippen molar-refractivity contribution >= 4 is 18.1 Å². The summed E-state index contributed by atoms with van der Waals surface area (Å²) in [6.07, 6.45) is 6.23. The molecule has 0 aromatic heterocycles. The van der Waals surface area contributed by atoms with E-state index in [1.807, 2.05) is 43.5 Å². The van der Waals surface area contributed by atoms with Crippen LogP contribution in [0.5, 0.6) is 0 Å². The number of fused-ring (bicyclic) bond motifs is 2. The lowest BCUT2D eigenvalue weighted by Crippen LogP contribution is -2.31. The smallest absolute Gasteiger partial charge is 0.335 e. The van der Waals surface area contributed by atoms with E-state index in [0.29, 0.717) is 23.6 Å². The summed E-state index contributed by atoms with van der Waals surface area (Å²) in [6, 6.07) is 16.3. The number of carbonyl (C=O) groups excluding carboxylic acids is 1. The molecule has 31 heavy (non-hydrogen) atoms. The number of carboxylic acids is 1. The molecule has 4 atom stereocenters. The molecule has 2 bridgehead atoms. The van der Waals surface area contributed by atoms with Crippen LogP contribution in [0, 0.1) is 11.8 Å². The first kappa shape index (κ1) is 21.2. The predicted molar refractivity (Wildman–Crippen MR) is 118 cm³/mol. The van der Waals surface area contributed by atoms with Crippen LogP contribution in [0.2, 0.25) is 0 Å². The van der Waals surface area contributed by atoms with Gasteiger partial charge in [0.15, 0.2) is 0 Å². The van der Waals surface area contributed by atoms with Crippen molar-refractivity contribution in [3.63, 3.8) is 0 Å². The molecule has 1 N–H and O–H groups in total. The fraction of sp³-hybridized carbons (Fsp3) is 0.400. The van der Waals surface area contributed by atoms with Crippen LogP contribution in [-0.2, 0) is 11.2 Å². The first-order valence-corrected chi connectivity index (χ1v) is 11.0. The Morgan fingerprint density at radius 3 is 2.45 bits per heavy atom. The summed E-state index contributed by atoms with van der Waals surface area (Å²) < 4.78 is 6.18. The van der Waals surface area contributed by atoms with Crippen molar-refractivity contribution in [3.05, 3.63) is 71.3 Å². The van der Waals surface area contributed by atoms with Gasteiger partial charge >= 0.3 is 5.97 Å². The Balaban J connectivity index is 1.42. The van der Waals surface area contributed by atoms with E-state index >= 15 is 0 Å². The summed E-state index contributed by atoms with van der Waals surface area (Å²) in [6.45, 7) is 2.43. The minimum Gasteiger partial charge on any atom is -0.478 e. The van der Waals surface area contributed by atoms with E-state index in [4.69, 9.17) is 9.84 Å². The van der Waals surface area contributed by atoms with E-state index in [9.17, 15) is 9.59 Å². The van der Waals surface area contributed by atoms with Gasteiger partial charge in [-0.15, -0.1) is 0 Å². The highest BCUT2D eigenvalue weighted by molar-refractivity contribution is 5.94. The van der Waals surface area contributed by atoms with Gasteiger partial charge in [0.2, 0.25) is 0 Å². The maximum atomic E-state index is 12.7. The number of carboxylic acid groups (broad SMARTS) is 1. The second kappa shape index (κ2) is 9.43. The molecule has 2 aliphatic heterocycles. The number of hydrazone groups is 1. The van der Waals surface area contributed by atoms with E-state index in [1.165, 1.54) is 5.01 Å². The van der Waals surface area contributed by atoms with Gasteiger partial charge in [-0.2, -0.15) is 5.10 Å². The third-order valence-corrected chi connectivity index (χ3v) is 6.39. The molecular formula is C25H28N2O4. The van der Waals surface area contributed by atoms with Gasteiger partial charge in [0.05, 0.1) is 17.8 Å². The van der Waals surface area contributed by atoms with E-state index in [-0.39, 0.29) is 24.0 Å². The summed E-state index contributed by atoms with van der Waals surface area (Å²) in [5.74, 6) is -0.463. The van der Waals surface area contributed by atoms with Gasteiger partial charge in [-0.1, -0.05) is 30.3 Å². The van der Waals surface area contributed by atoms with Crippen molar-refractivity contribution in [2.45, 2.75) is 44.8 Å². The first-order valence-electron chi connectivity index (χ1n) is 11.0. The molecule has 2 fully saturated rings. The van der Waals surface area contributed by atoms with Gasteiger partial charge < -0.3 is 9.84 Å². The third kappa shape index (κ3) is 4.69. The van der Waals surface area contributed by atoms with Crippen molar-refractivity contribution in [2.24, 2.45) is 16.9 Å². The molecule has 0 radical (unpaired) electrons. The lowest BCUT2D eigenvalue weighted by molar-refractivity contribution is 0.0696. The topological polar surface area (TPSA) is 79.2 Å². The normalized spacial score (nSPS) is 24.5. The lowest BCUT2D eigenvalue weighted by Gasteiger charge is -2.26. The van der Waals surface area contributed by atoms with Crippen molar-refractivity contribution in [3.8, 4) is 0 Å². The van der Waals surface area contributed by atoms with E-state index in [1.54, 1.807) is 24.3 Å². The molecule has 6 nitrogen and oxygen atoms in total. The summed E-state index contributed by atoms with van der Waals surface area (Å²) in [7, 11) is 0. The Labute approximate surface area is 182 Å². The number of aromatic carboxylic acids is 1. The maximum Gasteiger partial charge on any atom is 0.335 e. The maximum absolute atomic E-state index is 12.7. The highest BCUT2D eigenvalue weighted by Crippen LogP contribution is 2.44. The number of hydrogen-bond acceptors (Lipinski definition) is 4. The number of nitrogens with zero attached hydrogens (tertiary/aromatic N) is 2. The number of benzene rings is 2. The molecule has 0 spiro atoms. The molecule has 1 amide bonds. The number of amides is 1. The Morgan fingerprint density at radius 1 is 1.06 bits per heavy atom. The minimum absolute atomic E-state index is 0.0986. The molecule has 0 saturated carbocycles. The van der Waals surface area contributed by atoms with Crippen molar-refractivity contribution < 1.29 is 19.4 Å². The average Bonchev–Trinajstić information content (AvgIpc) is 3.40. The van der Waals surface area contributed by atoms with Crippen LogP contribution in [0.25, 0.3) is 0 Å². The zero-order chi connectivity index (χ0) is 21.8. The second-order valence-electron chi connectivity index (χ2n) is 8.22. The summed E-state index contributed by atoms with van der Waals surface area (Å²) in [5.41, 5.74) is 2.06. The van der Waals surface area contributed by atoms with Crippen molar-refractivity contribution in [2.75, 3.05) is 6.54 Å². The SMILES string of the molecule is CCN(N=C[C@H]1[C@H](CCc2ccc(C(=O)O)cc2)[C@H]2CC[C@@H]1O2)C(=O)c1ccccc1. The number of aryl methyl sites for hydroxylation is 1. The van der Waals surface area contributed by atoms with Crippen molar-refractivity contribution in [1.29, 1.82) is 0 Å². The molecular weight excluding hydrogens is 392 g/mol. The van der Waals surface area contributed by atoms with Crippen LogP contribution in [0.1, 0.15) is 52.5 Å². The van der Waals surface area contributed by atoms with Crippen LogP contribution < -0.4 is 0 Å². The fourth-order valence-electron chi connectivity index (χ4n) is 4.71. The molecule has 2 aliphatic rings.